The molecule has 15 nitrogen and oxygen atoms in total. The highest BCUT2D eigenvalue weighted by Gasteiger charge is 2.77. The zero-order chi connectivity index (χ0) is 42.4. The second-order valence-electron chi connectivity index (χ2n) is 14.6. The van der Waals surface area contributed by atoms with E-state index in [1.807, 2.05) is 0 Å². The standard InChI is InChI=1S/C35H40Cl6O15/c1-16-19(43)12-32(30(3,4)49)22(16)23(55-29(48)53-15-35(39,40)41)25(45)31(5)21(54-28(47)52-14-34(36,37)38)11-20(44)33(50,13-51-17(2)42)24(31)26(32)56-27(46)18-9-7-6-8-10-18/h6-10,19-21,23-24,26,43-44,49-50H,11-15H2,1-5H3/t19-,20-,21-,23+,24-,26-,31+,32-,33-/m0/s1. The third-order valence-electron chi connectivity index (χ3n) is 10.6. The van der Waals surface area contributed by atoms with E-state index in [9.17, 15) is 39.6 Å². The largest absolute Gasteiger partial charge is 0.509 e. The first-order valence-corrected chi connectivity index (χ1v) is 19.1. The summed E-state index contributed by atoms with van der Waals surface area (Å²) >= 11 is 34.6. The molecule has 0 aromatic heterocycles. The van der Waals surface area contributed by atoms with E-state index in [2.05, 4.69) is 0 Å². The number of Topliss-reactive ketones (excluding diaryl/α,β-unsaturated/α-hetero) is 1. The lowest BCUT2D eigenvalue weighted by atomic mass is 9.51. The van der Waals surface area contributed by atoms with Crippen molar-refractivity contribution in [3.05, 3.63) is 47.0 Å². The molecule has 2 saturated carbocycles. The number of halogens is 6. The first-order chi connectivity index (χ1) is 25.6. The number of carbonyl (C=O) groups is 5. The minimum atomic E-state index is -2.80. The monoisotopic (exact) mass is 910 g/mol. The van der Waals surface area contributed by atoms with Gasteiger partial charge in [-0.15, -0.1) is 0 Å². The number of ketones is 1. The van der Waals surface area contributed by atoms with E-state index in [1.54, 1.807) is 6.07 Å². The topological polar surface area (TPSA) is 222 Å². The average Bonchev–Trinajstić information content (AvgIpc) is 3.32. The maximum absolute atomic E-state index is 15.5. The molecule has 0 radical (unpaired) electrons. The number of aliphatic hydroxyl groups is 4. The van der Waals surface area contributed by atoms with E-state index >= 15 is 4.79 Å². The van der Waals surface area contributed by atoms with Crippen LogP contribution in [0.4, 0.5) is 9.59 Å². The van der Waals surface area contributed by atoms with Gasteiger partial charge in [0, 0.05) is 19.3 Å². The van der Waals surface area contributed by atoms with Crippen molar-refractivity contribution < 1.29 is 72.8 Å². The maximum Gasteiger partial charge on any atom is 0.509 e. The quantitative estimate of drug-likeness (QED) is 0.110. The van der Waals surface area contributed by atoms with Crippen molar-refractivity contribution >= 4 is 99.6 Å². The first kappa shape index (κ1) is 46.4. The van der Waals surface area contributed by atoms with Gasteiger partial charge in [-0.1, -0.05) is 87.8 Å². The number of esters is 2. The molecule has 3 aliphatic carbocycles. The SMILES string of the molecule is CC(=O)OC[C@@]1(O)[C@H]2[C@H](OC(=O)c3ccccc3)[C@]3(C(C)(C)O)C[C@H](O)C(C)=C3[C@@H](OC(=O)OCC(Cl)(Cl)Cl)C(=O)[C@]2(C)[C@@H](OC(=O)OCC(Cl)(Cl)Cl)C[C@@H]1O. The van der Waals surface area contributed by atoms with Gasteiger partial charge >= 0.3 is 24.2 Å². The van der Waals surface area contributed by atoms with Crippen molar-refractivity contribution in [1.82, 2.24) is 0 Å². The Labute approximate surface area is 351 Å². The van der Waals surface area contributed by atoms with Gasteiger partial charge in [0.25, 0.3) is 0 Å². The maximum atomic E-state index is 15.5. The normalized spacial score (nSPS) is 32.0. The van der Waals surface area contributed by atoms with E-state index in [4.69, 9.17) is 98.0 Å². The smallest absolute Gasteiger partial charge is 0.463 e. The lowest BCUT2D eigenvalue weighted by Crippen LogP contribution is -2.73. The molecule has 56 heavy (non-hydrogen) atoms. The van der Waals surface area contributed by atoms with E-state index in [0.29, 0.717) is 0 Å². The summed E-state index contributed by atoms with van der Waals surface area (Å²) in [4.78, 5) is 68.5. The third-order valence-corrected chi connectivity index (χ3v) is 11.3. The Kier molecular flexibility index (Phi) is 13.9. The van der Waals surface area contributed by atoms with Crippen LogP contribution in [-0.4, -0.2) is 120 Å². The molecule has 0 saturated heterocycles. The van der Waals surface area contributed by atoms with Crippen molar-refractivity contribution in [2.24, 2.45) is 16.7 Å². The Hall–Kier alpha value is -2.31. The number of alkyl halides is 6. The number of hydrogen-bond acceptors (Lipinski definition) is 15. The summed E-state index contributed by atoms with van der Waals surface area (Å²) in [6, 6.07) is 7.39. The van der Waals surface area contributed by atoms with Crippen LogP contribution in [0.5, 0.6) is 0 Å². The van der Waals surface area contributed by atoms with Crippen LogP contribution in [0.1, 0.15) is 57.8 Å². The van der Waals surface area contributed by atoms with E-state index in [0.717, 1.165) is 13.8 Å². The molecular weight excluding hydrogens is 873 g/mol. The number of benzene rings is 1. The Morgan fingerprint density at radius 2 is 1.41 bits per heavy atom. The van der Waals surface area contributed by atoms with Crippen molar-refractivity contribution in [1.29, 1.82) is 0 Å². The van der Waals surface area contributed by atoms with Crippen molar-refractivity contribution in [3.63, 3.8) is 0 Å². The molecule has 21 heteroatoms. The highest BCUT2D eigenvalue weighted by Crippen LogP contribution is 2.65. The third kappa shape index (κ3) is 9.27. The molecule has 0 spiro atoms. The van der Waals surface area contributed by atoms with Gasteiger partial charge in [-0.25, -0.2) is 14.4 Å². The van der Waals surface area contributed by atoms with Crippen LogP contribution in [0.25, 0.3) is 0 Å². The van der Waals surface area contributed by atoms with Gasteiger partial charge in [0.1, 0.15) is 37.6 Å². The van der Waals surface area contributed by atoms with Gasteiger partial charge < -0.3 is 48.8 Å². The molecular formula is C35H40Cl6O15. The molecule has 0 amide bonds. The van der Waals surface area contributed by atoms with Crippen LogP contribution in [0, 0.1) is 16.7 Å². The number of hydrogen-bond donors (Lipinski definition) is 4. The van der Waals surface area contributed by atoms with Crippen LogP contribution >= 0.6 is 69.6 Å². The van der Waals surface area contributed by atoms with Crippen LogP contribution in [0.15, 0.2) is 41.5 Å². The molecule has 312 valence electrons. The molecule has 1 aromatic carbocycles. The summed E-state index contributed by atoms with van der Waals surface area (Å²) < 4.78 is 28.5. The van der Waals surface area contributed by atoms with Gasteiger partial charge in [0.2, 0.25) is 7.59 Å². The molecule has 4 rings (SSSR count). The van der Waals surface area contributed by atoms with Crippen molar-refractivity contribution in [2.45, 2.75) is 96.8 Å². The molecule has 1 aromatic rings. The molecule has 0 bridgehead atoms. The van der Waals surface area contributed by atoms with Crippen LogP contribution in [0.2, 0.25) is 0 Å². The average molecular weight is 913 g/mol. The molecule has 4 N–H and O–H groups in total. The van der Waals surface area contributed by atoms with Gasteiger partial charge in [-0.05, 0) is 57.4 Å². The zero-order valence-corrected chi connectivity index (χ0v) is 35.0. The summed E-state index contributed by atoms with van der Waals surface area (Å²) in [7, 11) is 0. The number of fused-ring (bicyclic) bond motifs is 2. The lowest BCUT2D eigenvalue weighted by molar-refractivity contribution is -0.266. The van der Waals surface area contributed by atoms with Crippen LogP contribution in [0.3, 0.4) is 0 Å². The highest BCUT2D eigenvalue weighted by atomic mass is 35.6. The molecule has 0 unspecified atom stereocenters. The molecule has 2 fully saturated rings. The first-order valence-electron chi connectivity index (χ1n) is 16.9. The summed E-state index contributed by atoms with van der Waals surface area (Å²) in [5.74, 6) is -5.28. The Balaban J connectivity index is 2.11. The number of carbonyl (C=O) groups excluding carboxylic acids is 5. The van der Waals surface area contributed by atoms with E-state index in [1.165, 1.54) is 45.0 Å². The molecule has 9 atom stereocenters. The lowest BCUT2D eigenvalue weighted by Gasteiger charge is -2.58. The zero-order valence-electron chi connectivity index (χ0n) is 30.4. The minimum absolute atomic E-state index is 0.0358. The summed E-state index contributed by atoms with van der Waals surface area (Å²) in [6.45, 7) is 3.23. The van der Waals surface area contributed by atoms with Gasteiger partial charge in [0.05, 0.1) is 34.2 Å². The van der Waals surface area contributed by atoms with Gasteiger partial charge in [-0.3, -0.25) is 9.59 Å². The van der Waals surface area contributed by atoms with Gasteiger partial charge in [-0.2, -0.15) is 0 Å². The summed E-state index contributed by atoms with van der Waals surface area (Å²) in [6.07, 6.45) is -14.2. The van der Waals surface area contributed by atoms with Crippen molar-refractivity contribution in [2.75, 3.05) is 19.8 Å². The minimum Gasteiger partial charge on any atom is -0.463 e. The highest BCUT2D eigenvalue weighted by molar-refractivity contribution is 6.68. The summed E-state index contributed by atoms with van der Waals surface area (Å²) in [5.41, 5.74) is -10.1. The van der Waals surface area contributed by atoms with Crippen LogP contribution in [-0.2, 0) is 38.0 Å². The number of rotatable bonds is 9. The second kappa shape index (κ2) is 16.7. The number of ether oxygens (including phenoxy) is 6. The molecule has 0 aliphatic heterocycles. The van der Waals surface area contributed by atoms with E-state index in [-0.39, 0.29) is 16.7 Å². The molecule has 0 heterocycles. The molecule has 3 aliphatic rings. The predicted molar refractivity (Wildman–Crippen MR) is 200 cm³/mol. The Morgan fingerprint density at radius 1 is 0.875 bits per heavy atom. The fraction of sp³-hybridized carbons (Fsp3) is 0.629. The van der Waals surface area contributed by atoms with E-state index < -0.39 is 129 Å². The summed E-state index contributed by atoms with van der Waals surface area (Å²) in [5, 5.41) is 48.4. The van der Waals surface area contributed by atoms with Gasteiger partial charge in [0.15, 0.2) is 11.9 Å². The Bertz CT molecular complexity index is 1720. The predicted octanol–water partition coefficient (Wildman–Crippen LogP) is 5.10. The fourth-order valence-corrected chi connectivity index (χ4v) is 8.40. The number of aliphatic hydroxyl groups excluding tert-OH is 2. The fourth-order valence-electron chi connectivity index (χ4n) is 8.08. The second-order valence-corrected chi connectivity index (χ2v) is 19.6. The Morgan fingerprint density at radius 3 is 1.91 bits per heavy atom. The van der Waals surface area contributed by atoms with Crippen LogP contribution < -0.4 is 0 Å². The van der Waals surface area contributed by atoms with Crippen molar-refractivity contribution in [3.8, 4) is 0 Å².